The summed E-state index contributed by atoms with van der Waals surface area (Å²) in [6, 6.07) is 14.1. The molecule has 1 aromatic carbocycles. The molecule has 8 nitrogen and oxygen atoms in total. The molecule has 1 fully saturated rings. The van der Waals surface area contributed by atoms with E-state index in [2.05, 4.69) is 4.98 Å². The Bertz CT molecular complexity index is 1370. The van der Waals surface area contributed by atoms with Gasteiger partial charge in [-0.05, 0) is 48.9 Å². The predicted molar refractivity (Wildman–Crippen MR) is 115 cm³/mol. The Morgan fingerprint density at radius 3 is 2.59 bits per heavy atom. The third kappa shape index (κ3) is 3.04. The number of ketones is 1. The highest BCUT2D eigenvalue weighted by Crippen LogP contribution is 2.41. The SMILES string of the molecule is Cc1nc2ccccn2c1C(O)=C1C(=O)C(=O)N(Cc2ccco2)C1c1ccc(O)cc1. The Morgan fingerprint density at radius 1 is 1.09 bits per heavy atom. The molecule has 0 aliphatic carbocycles. The van der Waals surface area contributed by atoms with Gasteiger partial charge < -0.3 is 19.5 Å². The van der Waals surface area contributed by atoms with Gasteiger partial charge in [-0.2, -0.15) is 0 Å². The van der Waals surface area contributed by atoms with E-state index in [0.29, 0.717) is 28.4 Å². The number of phenolic OH excluding ortho intramolecular Hbond substituents is 1. The normalized spacial score (nSPS) is 18.0. The Labute approximate surface area is 182 Å². The largest absolute Gasteiger partial charge is 0.508 e. The van der Waals surface area contributed by atoms with Crippen LogP contribution in [0.2, 0.25) is 0 Å². The fraction of sp³-hybridized carbons (Fsp3) is 0.125. The molecule has 1 unspecified atom stereocenters. The monoisotopic (exact) mass is 429 g/mol. The summed E-state index contributed by atoms with van der Waals surface area (Å²) < 4.78 is 7.07. The highest BCUT2D eigenvalue weighted by molar-refractivity contribution is 6.46. The number of imidazole rings is 1. The topological polar surface area (TPSA) is 108 Å². The van der Waals surface area contributed by atoms with E-state index in [-0.39, 0.29) is 23.6 Å². The van der Waals surface area contributed by atoms with Crippen molar-refractivity contribution in [2.75, 3.05) is 0 Å². The lowest BCUT2D eigenvalue weighted by atomic mass is 9.96. The number of pyridine rings is 1. The minimum Gasteiger partial charge on any atom is -0.508 e. The van der Waals surface area contributed by atoms with E-state index < -0.39 is 17.7 Å². The number of hydrogen-bond acceptors (Lipinski definition) is 6. The van der Waals surface area contributed by atoms with Crippen LogP contribution in [-0.2, 0) is 16.1 Å². The molecule has 0 radical (unpaired) electrons. The first-order valence-electron chi connectivity index (χ1n) is 9.99. The molecule has 5 rings (SSSR count). The summed E-state index contributed by atoms with van der Waals surface area (Å²) >= 11 is 0. The Kier molecular flexibility index (Phi) is 4.55. The number of aryl methyl sites for hydroxylation is 1. The van der Waals surface area contributed by atoms with E-state index in [0.717, 1.165) is 0 Å². The number of aliphatic hydroxyl groups excluding tert-OH is 1. The van der Waals surface area contributed by atoms with Gasteiger partial charge in [0, 0.05) is 6.20 Å². The fourth-order valence-corrected chi connectivity index (χ4v) is 4.14. The number of fused-ring (bicyclic) bond motifs is 1. The van der Waals surface area contributed by atoms with Gasteiger partial charge in [0.1, 0.15) is 22.9 Å². The van der Waals surface area contributed by atoms with Gasteiger partial charge >= 0.3 is 0 Å². The molecular weight excluding hydrogens is 410 g/mol. The number of phenols is 1. The Hall–Kier alpha value is -4.33. The van der Waals surface area contributed by atoms with Crippen molar-refractivity contribution < 1.29 is 24.2 Å². The molecule has 1 amide bonds. The minimum atomic E-state index is -0.866. The van der Waals surface area contributed by atoms with Crippen molar-refractivity contribution in [1.82, 2.24) is 14.3 Å². The number of aliphatic hydroxyl groups is 1. The van der Waals surface area contributed by atoms with Crippen LogP contribution >= 0.6 is 0 Å². The molecule has 2 N–H and O–H groups in total. The molecule has 1 saturated heterocycles. The molecule has 0 spiro atoms. The minimum absolute atomic E-state index is 0.0407. The highest BCUT2D eigenvalue weighted by atomic mass is 16.3. The molecule has 1 aliphatic rings. The average Bonchev–Trinajstić information content (AvgIpc) is 3.47. The molecule has 4 heterocycles. The summed E-state index contributed by atoms with van der Waals surface area (Å²) in [5.74, 6) is -1.29. The van der Waals surface area contributed by atoms with Crippen LogP contribution in [0.1, 0.15) is 28.8 Å². The van der Waals surface area contributed by atoms with E-state index in [1.165, 1.54) is 23.3 Å². The van der Waals surface area contributed by atoms with Gasteiger partial charge in [-0.1, -0.05) is 18.2 Å². The zero-order chi connectivity index (χ0) is 22.4. The van der Waals surface area contributed by atoms with E-state index >= 15 is 0 Å². The molecule has 0 bridgehead atoms. The van der Waals surface area contributed by atoms with E-state index in [1.54, 1.807) is 53.9 Å². The first-order chi connectivity index (χ1) is 15.5. The third-order valence-electron chi connectivity index (χ3n) is 5.58. The van der Waals surface area contributed by atoms with Gasteiger partial charge in [-0.15, -0.1) is 0 Å². The van der Waals surface area contributed by atoms with Crippen molar-refractivity contribution in [1.29, 1.82) is 0 Å². The Morgan fingerprint density at radius 2 is 1.88 bits per heavy atom. The highest BCUT2D eigenvalue weighted by Gasteiger charge is 2.46. The number of furan rings is 1. The van der Waals surface area contributed by atoms with Gasteiger partial charge in [0.05, 0.1) is 30.1 Å². The first-order valence-corrected chi connectivity index (χ1v) is 9.99. The van der Waals surface area contributed by atoms with Gasteiger partial charge in [-0.25, -0.2) is 4.98 Å². The van der Waals surface area contributed by atoms with Crippen molar-refractivity contribution in [3.63, 3.8) is 0 Å². The number of carbonyl (C=O) groups excluding carboxylic acids is 2. The number of benzene rings is 1. The van der Waals surface area contributed by atoms with E-state index in [9.17, 15) is 19.8 Å². The van der Waals surface area contributed by atoms with Crippen LogP contribution in [0.15, 0.2) is 77.0 Å². The maximum Gasteiger partial charge on any atom is 0.296 e. The summed E-state index contributed by atoms with van der Waals surface area (Å²) in [6.45, 7) is 1.78. The van der Waals surface area contributed by atoms with Gasteiger partial charge in [0.15, 0.2) is 5.76 Å². The molecular formula is C24H19N3O5. The molecule has 0 saturated carbocycles. The summed E-state index contributed by atoms with van der Waals surface area (Å²) in [5.41, 5.74) is 2.01. The summed E-state index contributed by atoms with van der Waals surface area (Å²) in [7, 11) is 0. The maximum absolute atomic E-state index is 13.2. The third-order valence-corrected chi connectivity index (χ3v) is 5.58. The van der Waals surface area contributed by atoms with Gasteiger partial charge in [0.2, 0.25) is 0 Å². The number of carbonyl (C=O) groups is 2. The zero-order valence-electron chi connectivity index (χ0n) is 17.1. The summed E-state index contributed by atoms with van der Waals surface area (Å²) in [6.07, 6.45) is 3.22. The number of amides is 1. The van der Waals surface area contributed by atoms with Crippen LogP contribution in [0.3, 0.4) is 0 Å². The van der Waals surface area contributed by atoms with Crippen LogP contribution in [0.4, 0.5) is 0 Å². The predicted octanol–water partition coefficient (Wildman–Crippen LogP) is 3.56. The molecule has 4 aromatic rings. The molecule has 8 heteroatoms. The molecule has 1 aliphatic heterocycles. The summed E-state index contributed by atoms with van der Waals surface area (Å²) in [4.78, 5) is 32.0. The van der Waals surface area contributed by atoms with Crippen LogP contribution < -0.4 is 0 Å². The van der Waals surface area contributed by atoms with E-state index in [4.69, 9.17) is 4.42 Å². The number of Topliss-reactive ketones (excluding diaryl/α,β-unsaturated/α-hetero) is 1. The Balaban J connectivity index is 1.72. The van der Waals surface area contributed by atoms with Crippen LogP contribution in [-0.4, -0.2) is 36.2 Å². The van der Waals surface area contributed by atoms with E-state index in [1.807, 2.05) is 6.07 Å². The van der Waals surface area contributed by atoms with Crippen molar-refractivity contribution in [3.8, 4) is 5.75 Å². The van der Waals surface area contributed by atoms with Crippen LogP contribution in [0.25, 0.3) is 11.4 Å². The second-order valence-corrected chi connectivity index (χ2v) is 7.57. The lowest BCUT2D eigenvalue weighted by molar-refractivity contribution is -0.140. The van der Waals surface area contributed by atoms with Crippen molar-refractivity contribution in [2.24, 2.45) is 0 Å². The average molecular weight is 429 g/mol. The number of hydrogen-bond donors (Lipinski definition) is 2. The van der Waals surface area contributed by atoms with Gasteiger partial charge in [0.25, 0.3) is 11.7 Å². The lowest BCUT2D eigenvalue weighted by Crippen LogP contribution is -2.29. The number of rotatable bonds is 4. The second kappa shape index (κ2) is 7.42. The zero-order valence-corrected chi connectivity index (χ0v) is 17.1. The summed E-state index contributed by atoms with van der Waals surface area (Å²) in [5, 5.41) is 21.1. The molecule has 3 aromatic heterocycles. The quantitative estimate of drug-likeness (QED) is 0.292. The van der Waals surface area contributed by atoms with Crippen LogP contribution in [0.5, 0.6) is 5.75 Å². The molecule has 160 valence electrons. The van der Waals surface area contributed by atoms with Crippen molar-refractivity contribution in [3.05, 3.63) is 95.3 Å². The maximum atomic E-state index is 13.2. The van der Waals surface area contributed by atoms with Crippen molar-refractivity contribution >= 4 is 23.1 Å². The fourth-order valence-electron chi connectivity index (χ4n) is 4.14. The van der Waals surface area contributed by atoms with Crippen molar-refractivity contribution in [2.45, 2.75) is 19.5 Å². The number of likely N-dealkylation sites (tertiary alicyclic amines) is 1. The number of aromatic hydroxyl groups is 1. The second-order valence-electron chi connectivity index (χ2n) is 7.57. The molecule has 1 atom stereocenters. The van der Waals surface area contributed by atoms with Crippen LogP contribution in [0, 0.1) is 6.92 Å². The molecule has 32 heavy (non-hydrogen) atoms. The lowest BCUT2D eigenvalue weighted by Gasteiger charge is -2.24. The smallest absolute Gasteiger partial charge is 0.296 e. The number of nitrogens with zero attached hydrogens (tertiary/aromatic N) is 3. The van der Waals surface area contributed by atoms with Gasteiger partial charge in [-0.3, -0.25) is 14.0 Å². The number of aromatic nitrogens is 2. The first kappa shape index (κ1) is 19.6. The standard InChI is InChI=1S/C24H19N3O5/c1-14-20(26-11-3-2-6-18(26)25-14)22(29)19-21(15-7-9-16(28)10-8-15)27(24(31)23(19)30)13-17-5-4-12-32-17/h2-12,21,28-29H,13H2,1H3.